The van der Waals surface area contributed by atoms with Crippen LogP contribution in [0.15, 0.2) is 42.5 Å². The highest BCUT2D eigenvalue weighted by Crippen LogP contribution is 2.32. The first-order chi connectivity index (χ1) is 13.8. The number of benzene rings is 2. The number of rotatable bonds is 5. The van der Waals surface area contributed by atoms with E-state index < -0.39 is 11.9 Å². The molecule has 29 heavy (non-hydrogen) atoms. The van der Waals surface area contributed by atoms with E-state index in [0.29, 0.717) is 42.0 Å². The van der Waals surface area contributed by atoms with E-state index in [0.717, 1.165) is 5.56 Å². The Morgan fingerprint density at radius 1 is 0.931 bits per heavy atom. The van der Waals surface area contributed by atoms with Crippen molar-refractivity contribution < 1.29 is 34.1 Å². The molecule has 1 amide bonds. The molecule has 0 aromatic heterocycles. The van der Waals surface area contributed by atoms with E-state index in [4.69, 9.17) is 40.9 Å². The minimum atomic E-state index is -1.82. The van der Waals surface area contributed by atoms with Crippen molar-refractivity contribution in [1.29, 1.82) is 0 Å². The van der Waals surface area contributed by atoms with Gasteiger partial charge in [-0.1, -0.05) is 23.7 Å². The molecule has 0 unspecified atom stereocenters. The summed E-state index contributed by atoms with van der Waals surface area (Å²) in [5.41, 5.74) is 1.76. The SMILES string of the molecule is O=C(CNCc1ccc(Cl)cc1)Nc1ccc2c(c1)OCCO2.O=C(O)C(=O)O. The zero-order chi connectivity index (χ0) is 21.2. The summed E-state index contributed by atoms with van der Waals surface area (Å²) >= 11 is 5.83. The minimum Gasteiger partial charge on any atom is -0.486 e. The Labute approximate surface area is 171 Å². The predicted octanol–water partition coefficient (Wildman–Crippen LogP) is 2.00. The van der Waals surface area contributed by atoms with Gasteiger partial charge in [-0.15, -0.1) is 0 Å². The number of carboxylic acids is 2. The van der Waals surface area contributed by atoms with E-state index in [1.807, 2.05) is 24.3 Å². The number of nitrogens with one attached hydrogen (secondary N) is 2. The monoisotopic (exact) mass is 422 g/mol. The average Bonchev–Trinajstić information content (AvgIpc) is 2.70. The first-order valence-electron chi connectivity index (χ1n) is 8.46. The molecular weight excluding hydrogens is 404 g/mol. The van der Waals surface area contributed by atoms with E-state index in [-0.39, 0.29) is 12.5 Å². The Kier molecular flexibility index (Phi) is 8.26. The third kappa shape index (κ3) is 7.68. The van der Waals surface area contributed by atoms with Gasteiger partial charge in [-0.05, 0) is 29.8 Å². The maximum Gasteiger partial charge on any atom is 0.414 e. The van der Waals surface area contributed by atoms with Crippen LogP contribution in [-0.2, 0) is 20.9 Å². The number of hydrogen-bond acceptors (Lipinski definition) is 6. The number of amides is 1. The summed E-state index contributed by atoms with van der Waals surface area (Å²) in [6, 6.07) is 12.9. The molecule has 0 aliphatic carbocycles. The predicted molar refractivity (Wildman–Crippen MR) is 104 cm³/mol. The standard InChI is InChI=1S/C17H17ClN2O3.C2H2O4/c18-13-3-1-12(2-4-13)10-19-11-17(21)20-14-5-6-15-16(9-14)23-8-7-22-15;3-1(4)2(5)6/h1-6,9,19H,7-8,10-11H2,(H,20,21);(H,3,4)(H,5,6). The molecule has 0 saturated carbocycles. The fourth-order valence-corrected chi connectivity index (χ4v) is 2.37. The summed E-state index contributed by atoms with van der Waals surface area (Å²) in [6.07, 6.45) is 0. The molecule has 4 N–H and O–H groups in total. The van der Waals surface area contributed by atoms with E-state index in [2.05, 4.69) is 10.6 Å². The van der Waals surface area contributed by atoms with Gasteiger partial charge in [0.2, 0.25) is 5.91 Å². The van der Waals surface area contributed by atoms with Crippen LogP contribution in [0, 0.1) is 0 Å². The molecule has 2 aromatic carbocycles. The molecule has 0 atom stereocenters. The number of ether oxygens (including phenoxy) is 2. The zero-order valence-electron chi connectivity index (χ0n) is 15.2. The van der Waals surface area contributed by atoms with Crippen LogP contribution in [0.1, 0.15) is 5.56 Å². The van der Waals surface area contributed by atoms with E-state index in [1.165, 1.54) is 0 Å². The van der Waals surface area contributed by atoms with E-state index in [1.54, 1.807) is 18.2 Å². The Morgan fingerprint density at radius 3 is 2.17 bits per heavy atom. The molecular formula is C19H19ClN2O7. The maximum atomic E-state index is 12.0. The normalized spacial score (nSPS) is 11.6. The van der Waals surface area contributed by atoms with Crippen molar-refractivity contribution in [2.45, 2.75) is 6.54 Å². The highest BCUT2D eigenvalue weighted by molar-refractivity contribution is 6.30. The number of hydrogen-bond donors (Lipinski definition) is 4. The molecule has 2 aromatic rings. The summed E-state index contributed by atoms with van der Waals surface area (Å²) in [5.74, 6) is -2.40. The van der Waals surface area contributed by atoms with Crippen molar-refractivity contribution in [3.8, 4) is 11.5 Å². The van der Waals surface area contributed by atoms with Crippen LogP contribution in [0.5, 0.6) is 11.5 Å². The third-order valence-corrected chi connectivity index (χ3v) is 3.79. The molecule has 0 bridgehead atoms. The Morgan fingerprint density at radius 2 is 1.55 bits per heavy atom. The number of fused-ring (bicyclic) bond motifs is 1. The van der Waals surface area contributed by atoms with Crippen molar-refractivity contribution in [2.24, 2.45) is 0 Å². The average molecular weight is 423 g/mol. The minimum absolute atomic E-state index is 0.115. The van der Waals surface area contributed by atoms with Crippen LogP contribution >= 0.6 is 11.6 Å². The number of aliphatic carboxylic acids is 2. The van der Waals surface area contributed by atoms with Gasteiger partial charge in [0, 0.05) is 23.3 Å². The lowest BCUT2D eigenvalue weighted by atomic mass is 10.2. The van der Waals surface area contributed by atoms with Gasteiger partial charge in [0.15, 0.2) is 11.5 Å². The summed E-state index contributed by atoms with van der Waals surface area (Å²) in [4.78, 5) is 30.2. The van der Waals surface area contributed by atoms with Gasteiger partial charge >= 0.3 is 11.9 Å². The summed E-state index contributed by atoms with van der Waals surface area (Å²) in [6.45, 7) is 1.89. The summed E-state index contributed by atoms with van der Waals surface area (Å²) in [7, 11) is 0. The van der Waals surface area contributed by atoms with Gasteiger partial charge in [0.05, 0.1) is 6.54 Å². The molecule has 154 valence electrons. The summed E-state index contributed by atoms with van der Waals surface area (Å²) in [5, 5.41) is 21.4. The first-order valence-corrected chi connectivity index (χ1v) is 8.84. The van der Waals surface area contributed by atoms with Gasteiger partial charge in [-0.2, -0.15) is 0 Å². The smallest absolute Gasteiger partial charge is 0.414 e. The number of carboxylic acid groups (broad SMARTS) is 2. The van der Waals surface area contributed by atoms with Crippen molar-refractivity contribution in [3.05, 3.63) is 53.1 Å². The van der Waals surface area contributed by atoms with Crippen LogP contribution in [0.25, 0.3) is 0 Å². The topological polar surface area (TPSA) is 134 Å². The summed E-state index contributed by atoms with van der Waals surface area (Å²) < 4.78 is 10.9. The fraction of sp³-hybridized carbons (Fsp3) is 0.211. The van der Waals surface area contributed by atoms with Crippen LogP contribution in [0.2, 0.25) is 5.02 Å². The second-order valence-corrected chi connectivity index (χ2v) is 6.18. The Balaban J connectivity index is 0.000000438. The lowest BCUT2D eigenvalue weighted by Crippen LogP contribution is -2.27. The third-order valence-electron chi connectivity index (χ3n) is 3.54. The Bertz CT molecular complexity index is 859. The largest absolute Gasteiger partial charge is 0.486 e. The second-order valence-electron chi connectivity index (χ2n) is 5.75. The quantitative estimate of drug-likeness (QED) is 0.537. The number of anilines is 1. The first kappa shape index (κ1) is 22.0. The van der Waals surface area contributed by atoms with Crippen LogP contribution in [0.3, 0.4) is 0 Å². The molecule has 0 fully saturated rings. The molecule has 10 heteroatoms. The lowest BCUT2D eigenvalue weighted by molar-refractivity contribution is -0.159. The lowest BCUT2D eigenvalue weighted by Gasteiger charge is -2.19. The van der Waals surface area contributed by atoms with Gasteiger partial charge in [0.25, 0.3) is 0 Å². The fourth-order valence-electron chi connectivity index (χ4n) is 2.25. The van der Waals surface area contributed by atoms with Crippen LogP contribution in [0.4, 0.5) is 5.69 Å². The van der Waals surface area contributed by atoms with E-state index >= 15 is 0 Å². The van der Waals surface area contributed by atoms with Crippen molar-refractivity contribution >= 4 is 35.1 Å². The van der Waals surface area contributed by atoms with Crippen LogP contribution in [-0.4, -0.2) is 47.8 Å². The Hall–Kier alpha value is -3.30. The van der Waals surface area contributed by atoms with Gasteiger partial charge < -0.3 is 30.3 Å². The number of carbonyl (C=O) groups is 3. The second kappa shape index (κ2) is 10.9. The number of carbonyl (C=O) groups excluding carboxylic acids is 1. The van der Waals surface area contributed by atoms with Crippen molar-refractivity contribution in [2.75, 3.05) is 25.1 Å². The van der Waals surface area contributed by atoms with Crippen molar-refractivity contribution in [1.82, 2.24) is 5.32 Å². The van der Waals surface area contributed by atoms with Gasteiger partial charge in [-0.3, -0.25) is 4.79 Å². The number of halogens is 1. The molecule has 0 spiro atoms. The van der Waals surface area contributed by atoms with Gasteiger partial charge in [-0.25, -0.2) is 9.59 Å². The molecule has 9 nitrogen and oxygen atoms in total. The van der Waals surface area contributed by atoms with Gasteiger partial charge in [0.1, 0.15) is 13.2 Å². The molecule has 0 radical (unpaired) electrons. The van der Waals surface area contributed by atoms with Crippen LogP contribution < -0.4 is 20.1 Å². The van der Waals surface area contributed by atoms with Crippen molar-refractivity contribution in [3.63, 3.8) is 0 Å². The molecule has 1 aliphatic heterocycles. The molecule has 0 saturated heterocycles. The molecule has 1 aliphatic rings. The zero-order valence-corrected chi connectivity index (χ0v) is 15.9. The molecule has 3 rings (SSSR count). The van der Waals surface area contributed by atoms with E-state index in [9.17, 15) is 4.79 Å². The highest BCUT2D eigenvalue weighted by atomic mass is 35.5. The highest BCUT2D eigenvalue weighted by Gasteiger charge is 2.12. The molecule has 1 heterocycles. The maximum absolute atomic E-state index is 12.0.